The molecule has 0 aliphatic carbocycles. The minimum Gasteiger partial charge on any atom is -0.475 e. The van der Waals surface area contributed by atoms with Crippen LogP contribution < -0.4 is 0 Å². The molecule has 0 fully saturated rings. The van der Waals surface area contributed by atoms with Crippen LogP contribution in [0.3, 0.4) is 0 Å². The number of rotatable bonds is 6. The molecule has 0 saturated heterocycles. The Morgan fingerprint density at radius 3 is 2.59 bits per heavy atom. The van der Waals surface area contributed by atoms with Crippen LogP contribution in [0.15, 0.2) is 29.3 Å². The van der Waals surface area contributed by atoms with E-state index in [1.165, 1.54) is 18.4 Å². The van der Waals surface area contributed by atoms with E-state index in [0.29, 0.717) is 6.61 Å². The summed E-state index contributed by atoms with van der Waals surface area (Å²) in [5.74, 6) is 2.82. The molecular formula is C17H23NOS3. The Bertz CT molecular complexity index is 537. The van der Waals surface area contributed by atoms with Gasteiger partial charge in [0, 0.05) is 11.3 Å². The molecule has 120 valence electrons. The molecule has 0 saturated carbocycles. The average molecular weight is 354 g/mol. The van der Waals surface area contributed by atoms with E-state index >= 15 is 0 Å². The summed E-state index contributed by atoms with van der Waals surface area (Å²) in [6, 6.07) is 8.45. The van der Waals surface area contributed by atoms with Gasteiger partial charge in [0.15, 0.2) is 0 Å². The molecule has 2 rings (SSSR count). The highest BCUT2D eigenvalue weighted by molar-refractivity contribution is 8.46. The van der Waals surface area contributed by atoms with Crippen molar-refractivity contribution in [2.45, 2.75) is 44.9 Å². The van der Waals surface area contributed by atoms with Crippen LogP contribution in [0.5, 0.6) is 0 Å². The molecule has 0 atom stereocenters. The molecule has 0 bridgehead atoms. The fourth-order valence-corrected chi connectivity index (χ4v) is 4.22. The van der Waals surface area contributed by atoms with Crippen LogP contribution in [-0.4, -0.2) is 27.3 Å². The number of thiocarbonyl (C=S) groups is 1. The second-order valence-electron chi connectivity index (χ2n) is 5.96. The number of benzene rings is 1. The molecule has 5 heteroatoms. The maximum atomic E-state index is 5.67. The monoisotopic (exact) mass is 353 g/mol. The Morgan fingerprint density at radius 2 is 2.00 bits per heavy atom. The first kappa shape index (κ1) is 17.8. The van der Waals surface area contributed by atoms with Crippen molar-refractivity contribution in [3.05, 3.63) is 35.4 Å². The fraction of sp³-hybridized carbons (Fsp3) is 0.529. The molecule has 1 aromatic carbocycles. The Balaban J connectivity index is 1.84. The van der Waals surface area contributed by atoms with Gasteiger partial charge in [0.2, 0.25) is 5.90 Å². The zero-order chi connectivity index (χ0) is 16.0. The number of thioether (sulfide) groups is 2. The normalized spacial score (nSPS) is 16.2. The second-order valence-corrected chi connectivity index (χ2v) is 9.23. The van der Waals surface area contributed by atoms with Gasteiger partial charge in [0.05, 0.1) is 5.54 Å². The van der Waals surface area contributed by atoms with Crippen LogP contribution in [0.2, 0.25) is 0 Å². The Morgan fingerprint density at radius 1 is 1.27 bits per heavy atom. The third kappa shape index (κ3) is 5.60. The maximum absolute atomic E-state index is 5.67. The highest BCUT2D eigenvalue weighted by Gasteiger charge is 2.26. The zero-order valence-corrected chi connectivity index (χ0v) is 15.9. The Kier molecular flexibility index (Phi) is 6.78. The number of hydrogen-bond acceptors (Lipinski definition) is 5. The lowest BCUT2D eigenvalue weighted by Gasteiger charge is -2.07. The molecule has 0 radical (unpaired) electrons. The van der Waals surface area contributed by atoms with E-state index in [2.05, 4.69) is 50.0 Å². The standard InChI is InChI=1S/C17H23NOS3/c1-4-5-10-21-16(20)22-11-13-6-8-14(9-7-13)15-18-17(2,3)12-19-15/h6-9H,4-5,10-12H2,1-3H3. The SMILES string of the molecule is CCCCSC(=S)SCc1ccc(C2=NC(C)(C)CO2)cc1. The molecule has 0 aromatic heterocycles. The van der Waals surface area contributed by atoms with Crippen LogP contribution in [0.1, 0.15) is 44.7 Å². The van der Waals surface area contributed by atoms with Gasteiger partial charge in [-0.15, -0.1) is 23.5 Å². The van der Waals surface area contributed by atoms with E-state index in [9.17, 15) is 0 Å². The number of nitrogens with zero attached hydrogens (tertiary/aromatic N) is 1. The lowest BCUT2D eigenvalue weighted by atomic mass is 10.1. The van der Waals surface area contributed by atoms with Crippen LogP contribution >= 0.6 is 35.7 Å². The highest BCUT2D eigenvalue weighted by Crippen LogP contribution is 2.24. The smallest absolute Gasteiger partial charge is 0.216 e. The third-order valence-electron chi connectivity index (χ3n) is 3.24. The lowest BCUT2D eigenvalue weighted by Crippen LogP contribution is -2.17. The van der Waals surface area contributed by atoms with E-state index in [4.69, 9.17) is 17.0 Å². The predicted octanol–water partition coefficient (Wildman–Crippen LogP) is 5.29. The Hall–Kier alpha value is -0.520. The van der Waals surface area contributed by atoms with E-state index in [1.54, 1.807) is 23.5 Å². The molecule has 22 heavy (non-hydrogen) atoms. The summed E-state index contributed by atoms with van der Waals surface area (Å²) in [5, 5.41) is 0. The van der Waals surface area contributed by atoms with E-state index in [0.717, 1.165) is 26.5 Å². The molecule has 1 heterocycles. The lowest BCUT2D eigenvalue weighted by molar-refractivity contribution is 0.279. The number of ether oxygens (including phenoxy) is 1. The predicted molar refractivity (Wildman–Crippen MR) is 104 cm³/mol. The topological polar surface area (TPSA) is 21.6 Å². The van der Waals surface area contributed by atoms with Crippen molar-refractivity contribution in [1.82, 2.24) is 0 Å². The summed E-state index contributed by atoms with van der Waals surface area (Å²) in [6.45, 7) is 7.03. The van der Waals surface area contributed by atoms with Crippen molar-refractivity contribution in [2.24, 2.45) is 4.99 Å². The molecule has 1 aliphatic heterocycles. The van der Waals surface area contributed by atoms with Gasteiger partial charge in [-0.05, 0) is 43.7 Å². The van der Waals surface area contributed by atoms with E-state index < -0.39 is 0 Å². The van der Waals surface area contributed by atoms with Crippen LogP contribution in [0.25, 0.3) is 0 Å². The molecular weight excluding hydrogens is 330 g/mol. The van der Waals surface area contributed by atoms with Gasteiger partial charge in [-0.25, -0.2) is 4.99 Å². The van der Waals surface area contributed by atoms with Crippen molar-refractivity contribution >= 4 is 45.2 Å². The van der Waals surface area contributed by atoms with Crippen molar-refractivity contribution in [1.29, 1.82) is 0 Å². The average Bonchev–Trinajstić information content (AvgIpc) is 2.86. The molecule has 0 amide bonds. The first-order valence-corrected chi connectivity index (χ1v) is 9.99. The molecule has 0 unspecified atom stereocenters. The summed E-state index contributed by atoms with van der Waals surface area (Å²) in [6.07, 6.45) is 2.46. The number of hydrogen-bond donors (Lipinski definition) is 0. The van der Waals surface area contributed by atoms with Crippen LogP contribution in [0, 0.1) is 0 Å². The fourth-order valence-electron chi connectivity index (χ4n) is 1.96. The van der Waals surface area contributed by atoms with Gasteiger partial charge in [-0.2, -0.15) is 0 Å². The van der Waals surface area contributed by atoms with Crippen molar-refractivity contribution in [3.8, 4) is 0 Å². The van der Waals surface area contributed by atoms with Gasteiger partial charge >= 0.3 is 0 Å². The number of unbranched alkanes of at least 4 members (excludes halogenated alkanes) is 1. The van der Waals surface area contributed by atoms with Gasteiger partial charge < -0.3 is 4.74 Å². The quantitative estimate of drug-likeness (QED) is 0.511. The van der Waals surface area contributed by atoms with Crippen LogP contribution in [-0.2, 0) is 10.5 Å². The summed E-state index contributed by atoms with van der Waals surface area (Å²) in [4.78, 5) is 4.60. The minimum absolute atomic E-state index is 0.105. The summed E-state index contributed by atoms with van der Waals surface area (Å²) < 4.78 is 6.71. The molecule has 2 nitrogen and oxygen atoms in total. The summed E-state index contributed by atoms with van der Waals surface area (Å²) in [7, 11) is 0. The van der Waals surface area contributed by atoms with Crippen molar-refractivity contribution in [3.63, 3.8) is 0 Å². The number of aliphatic imine (C=N–C) groups is 1. The summed E-state index contributed by atoms with van der Waals surface area (Å²) >= 11 is 8.94. The molecule has 1 aromatic rings. The van der Waals surface area contributed by atoms with Gasteiger partial charge in [0.1, 0.15) is 10.1 Å². The Labute approximate surface area is 147 Å². The second kappa shape index (κ2) is 8.37. The first-order valence-electron chi connectivity index (χ1n) is 7.62. The summed E-state index contributed by atoms with van der Waals surface area (Å²) in [5.41, 5.74) is 2.23. The van der Waals surface area contributed by atoms with Crippen molar-refractivity contribution < 1.29 is 4.74 Å². The van der Waals surface area contributed by atoms with Gasteiger partial charge in [0.25, 0.3) is 0 Å². The zero-order valence-electron chi connectivity index (χ0n) is 13.4. The van der Waals surface area contributed by atoms with Gasteiger partial charge in [-0.3, -0.25) is 0 Å². The van der Waals surface area contributed by atoms with E-state index in [-0.39, 0.29) is 5.54 Å². The van der Waals surface area contributed by atoms with Crippen molar-refractivity contribution in [2.75, 3.05) is 12.4 Å². The van der Waals surface area contributed by atoms with Crippen LogP contribution in [0.4, 0.5) is 0 Å². The third-order valence-corrected chi connectivity index (χ3v) is 6.10. The largest absolute Gasteiger partial charge is 0.475 e. The minimum atomic E-state index is -0.105. The maximum Gasteiger partial charge on any atom is 0.216 e. The molecule has 0 N–H and O–H groups in total. The highest BCUT2D eigenvalue weighted by atomic mass is 32.2. The van der Waals surface area contributed by atoms with Gasteiger partial charge in [-0.1, -0.05) is 37.7 Å². The first-order chi connectivity index (χ1) is 10.5. The molecule has 0 spiro atoms. The van der Waals surface area contributed by atoms with E-state index in [1.807, 2.05) is 0 Å². The molecule has 1 aliphatic rings.